The minimum atomic E-state index is -3.75. The number of benzene rings is 4. The molecule has 0 aliphatic carbocycles. The molecule has 5 nitrogen and oxygen atoms in total. The molecule has 0 amide bonds. The van der Waals surface area contributed by atoms with Crippen molar-refractivity contribution in [2.75, 3.05) is 5.01 Å². The van der Waals surface area contributed by atoms with Crippen molar-refractivity contribution in [3.8, 4) is 0 Å². The molecule has 0 spiro atoms. The van der Waals surface area contributed by atoms with Gasteiger partial charge in [0, 0.05) is 9.99 Å². The van der Waals surface area contributed by atoms with E-state index >= 15 is 0 Å². The van der Waals surface area contributed by atoms with Gasteiger partial charge in [-0.25, -0.2) is 13.6 Å². The summed E-state index contributed by atoms with van der Waals surface area (Å²) in [6.45, 7) is 0. The van der Waals surface area contributed by atoms with Gasteiger partial charge in [0.05, 0.1) is 22.3 Å². The Bertz CT molecular complexity index is 1450. The molecular weight excluding hydrogens is 533 g/mol. The number of hydrazone groups is 1. The van der Waals surface area contributed by atoms with Crippen molar-refractivity contribution in [3.63, 3.8) is 0 Å². The minimum Gasteiger partial charge on any atom is -0.257 e. The molecule has 160 valence electrons. The van der Waals surface area contributed by atoms with E-state index in [1.165, 1.54) is 22.9 Å². The van der Waals surface area contributed by atoms with Crippen molar-refractivity contribution in [2.24, 2.45) is 10.2 Å². The number of nitrogens with zero attached hydrogens (tertiary/aromatic N) is 2. The summed E-state index contributed by atoms with van der Waals surface area (Å²) >= 11 is 2.31. The van der Waals surface area contributed by atoms with Gasteiger partial charge in [0.1, 0.15) is 0 Å². The molecule has 0 fully saturated rings. The molecule has 0 aromatic heterocycles. The van der Waals surface area contributed by atoms with Gasteiger partial charge < -0.3 is 0 Å². The summed E-state index contributed by atoms with van der Waals surface area (Å²) in [6, 6.07) is 29.6. The van der Waals surface area contributed by atoms with Crippen molar-refractivity contribution >= 4 is 54.8 Å². The smallest absolute Gasteiger partial charge is 0.238 e. The zero-order valence-electron chi connectivity index (χ0n) is 17.0. The predicted molar refractivity (Wildman–Crippen MR) is 137 cm³/mol. The summed E-state index contributed by atoms with van der Waals surface area (Å²) in [4.78, 5) is 0.0875. The number of hydrogen-bond donors (Lipinski definition) is 1. The number of rotatable bonds is 4. The highest BCUT2D eigenvalue weighted by Gasteiger charge is 2.30. The summed E-state index contributed by atoms with van der Waals surface area (Å²) in [5.41, 5.74) is 4.06. The van der Waals surface area contributed by atoms with Crippen LogP contribution in [0.3, 0.4) is 0 Å². The largest absolute Gasteiger partial charge is 0.257 e. The SMILES string of the molecule is NS(=O)(=O)c1ccc(N2N=C(c3cccc(I)c3)CC2c2ccc3ccccc3c2)cc1. The zero-order chi connectivity index (χ0) is 22.3. The maximum absolute atomic E-state index is 11.7. The summed E-state index contributed by atoms with van der Waals surface area (Å²) in [7, 11) is -3.75. The van der Waals surface area contributed by atoms with Gasteiger partial charge in [0.2, 0.25) is 10.0 Å². The van der Waals surface area contributed by atoms with Crippen molar-refractivity contribution < 1.29 is 8.42 Å². The predicted octanol–water partition coefficient (Wildman–Crippen LogP) is 5.45. The Labute approximate surface area is 200 Å². The third kappa shape index (κ3) is 4.15. The van der Waals surface area contributed by atoms with Gasteiger partial charge in [0.15, 0.2) is 0 Å². The van der Waals surface area contributed by atoms with E-state index in [1.807, 2.05) is 23.2 Å². The lowest BCUT2D eigenvalue weighted by molar-refractivity contribution is 0.597. The van der Waals surface area contributed by atoms with Crippen LogP contribution >= 0.6 is 22.6 Å². The fourth-order valence-corrected chi connectivity index (χ4v) is 5.11. The average Bonchev–Trinajstić information content (AvgIpc) is 3.24. The molecule has 2 N–H and O–H groups in total. The van der Waals surface area contributed by atoms with E-state index in [4.69, 9.17) is 10.2 Å². The molecule has 4 aromatic rings. The standard InChI is InChI=1S/C25H20IN3O2S/c26-21-7-3-6-19(15-21)24-16-25(20-9-8-17-4-1-2-5-18(17)14-20)29(28-24)22-10-12-23(13-11-22)32(27,30)31/h1-15,25H,16H2,(H2,27,30,31). The highest BCUT2D eigenvalue weighted by atomic mass is 127. The summed E-state index contributed by atoms with van der Waals surface area (Å²) in [6.07, 6.45) is 0.745. The molecule has 4 aromatic carbocycles. The molecule has 1 aliphatic rings. The van der Waals surface area contributed by atoms with Gasteiger partial charge >= 0.3 is 0 Å². The zero-order valence-corrected chi connectivity index (χ0v) is 20.0. The highest BCUT2D eigenvalue weighted by molar-refractivity contribution is 14.1. The third-order valence-electron chi connectivity index (χ3n) is 5.66. The van der Waals surface area contributed by atoms with Crippen molar-refractivity contribution in [3.05, 3.63) is 106 Å². The molecule has 5 rings (SSSR count). The Morgan fingerprint density at radius 2 is 1.62 bits per heavy atom. The topological polar surface area (TPSA) is 75.8 Å². The number of hydrogen-bond acceptors (Lipinski definition) is 4. The normalized spacial score (nSPS) is 16.4. The van der Waals surface area contributed by atoms with Gasteiger partial charge in [-0.2, -0.15) is 5.10 Å². The van der Waals surface area contributed by atoms with Crippen LogP contribution in [0, 0.1) is 3.57 Å². The van der Waals surface area contributed by atoms with Crippen LogP contribution in [0.5, 0.6) is 0 Å². The first kappa shape index (κ1) is 21.1. The van der Waals surface area contributed by atoms with Gasteiger partial charge in [0.25, 0.3) is 0 Å². The first-order chi connectivity index (χ1) is 15.4. The summed E-state index contributed by atoms with van der Waals surface area (Å²) < 4.78 is 24.5. The van der Waals surface area contributed by atoms with Crippen LogP contribution < -0.4 is 10.1 Å². The molecule has 32 heavy (non-hydrogen) atoms. The summed E-state index contributed by atoms with van der Waals surface area (Å²) in [5.74, 6) is 0. The summed E-state index contributed by atoms with van der Waals surface area (Å²) in [5, 5.41) is 14.6. The molecule has 1 atom stereocenters. The Hall–Kier alpha value is -2.75. The van der Waals surface area contributed by atoms with E-state index in [0.29, 0.717) is 0 Å². The number of primary sulfonamides is 1. The average molecular weight is 553 g/mol. The number of sulfonamides is 1. The van der Waals surface area contributed by atoms with E-state index in [2.05, 4.69) is 71.1 Å². The van der Waals surface area contributed by atoms with Crippen LogP contribution in [-0.2, 0) is 10.0 Å². The monoisotopic (exact) mass is 553 g/mol. The molecular formula is C25H20IN3O2S. The second-order valence-corrected chi connectivity index (χ2v) is 10.6. The molecule has 7 heteroatoms. The number of fused-ring (bicyclic) bond motifs is 1. The van der Waals surface area contributed by atoms with E-state index in [9.17, 15) is 8.42 Å². The lowest BCUT2D eigenvalue weighted by Gasteiger charge is -2.24. The van der Waals surface area contributed by atoms with Crippen LogP contribution in [0.15, 0.2) is 101 Å². The van der Waals surface area contributed by atoms with E-state index in [-0.39, 0.29) is 10.9 Å². The first-order valence-corrected chi connectivity index (χ1v) is 12.8. The van der Waals surface area contributed by atoms with Gasteiger partial charge in [-0.1, -0.05) is 48.5 Å². The number of nitrogens with two attached hydrogens (primary N) is 1. The Balaban J connectivity index is 1.59. The van der Waals surface area contributed by atoms with Gasteiger partial charge in [-0.3, -0.25) is 5.01 Å². The van der Waals surface area contributed by atoms with Gasteiger partial charge in [-0.05, 0) is 87.0 Å². The fraction of sp³-hybridized carbons (Fsp3) is 0.0800. The molecule has 0 radical (unpaired) electrons. The van der Waals surface area contributed by atoms with Crippen molar-refractivity contribution in [1.82, 2.24) is 0 Å². The first-order valence-electron chi connectivity index (χ1n) is 10.1. The van der Waals surface area contributed by atoms with Gasteiger partial charge in [-0.15, -0.1) is 0 Å². The van der Waals surface area contributed by atoms with Crippen LogP contribution in [0.25, 0.3) is 10.8 Å². The molecule has 1 heterocycles. The Morgan fingerprint density at radius 3 is 2.34 bits per heavy atom. The van der Waals surface area contributed by atoms with Crippen LogP contribution in [0.2, 0.25) is 0 Å². The Morgan fingerprint density at radius 1 is 0.875 bits per heavy atom. The van der Waals surface area contributed by atoms with Crippen LogP contribution in [0.4, 0.5) is 5.69 Å². The fourth-order valence-electron chi connectivity index (χ4n) is 4.05. The second kappa shape index (κ2) is 8.31. The minimum absolute atomic E-state index is 0.00666. The van der Waals surface area contributed by atoms with E-state index in [0.717, 1.165) is 32.5 Å². The third-order valence-corrected chi connectivity index (χ3v) is 7.26. The molecule has 0 saturated heterocycles. The molecule has 1 aliphatic heterocycles. The van der Waals surface area contributed by atoms with E-state index in [1.54, 1.807) is 12.1 Å². The second-order valence-electron chi connectivity index (χ2n) is 7.77. The Kier molecular flexibility index (Phi) is 5.48. The quantitative estimate of drug-likeness (QED) is 0.342. The van der Waals surface area contributed by atoms with Crippen molar-refractivity contribution in [1.29, 1.82) is 0 Å². The lowest BCUT2D eigenvalue weighted by atomic mass is 9.96. The highest BCUT2D eigenvalue weighted by Crippen LogP contribution is 2.38. The maximum atomic E-state index is 11.7. The molecule has 0 saturated carbocycles. The molecule has 0 bridgehead atoms. The van der Waals surface area contributed by atoms with Crippen LogP contribution in [-0.4, -0.2) is 14.1 Å². The van der Waals surface area contributed by atoms with Crippen LogP contribution in [0.1, 0.15) is 23.6 Å². The molecule has 1 unspecified atom stereocenters. The lowest BCUT2D eigenvalue weighted by Crippen LogP contribution is -2.19. The number of anilines is 1. The maximum Gasteiger partial charge on any atom is 0.238 e. The number of halogens is 1. The van der Waals surface area contributed by atoms with E-state index < -0.39 is 10.0 Å². The van der Waals surface area contributed by atoms with Crippen molar-refractivity contribution in [2.45, 2.75) is 17.4 Å².